The molecule has 5 aromatic rings. The molecule has 5 heterocycles. The third-order valence-electron chi connectivity index (χ3n) is 7.82. The second kappa shape index (κ2) is 10.6. The number of aromatic amines is 1. The molecule has 0 saturated carbocycles. The van der Waals surface area contributed by atoms with E-state index in [-0.39, 0.29) is 30.3 Å². The summed E-state index contributed by atoms with van der Waals surface area (Å²) in [7, 11) is 0. The molecular formula is C32H28N6O4. The van der Waals surface area contributed by atoms with Crippen LogP contribution in [0.15, 0.2) is 89.9 Å². The molecule has 1 atom stereocenters. The molecule has 10 nitrogen and oxygen atoms in total. The van der Waals surface area contributed by atoms with E-state index in [1.807, 2.05) is 66.7 Å². The fourth-order valence-electron chi connectivity index (χ4n) is 5.66. The third-order valence-corrected chi connectivity index (χ3v) is 7.82. The van der Waals surface area contributed by atoms with Gasteiger partial charge < -0.3 is 9.64 Å². The molecule has 2 aromatic carbocycles. The van der Waals surface area contributed by atoms with Gasteiger partial charge in [0, 0.05) is 43.8 Å². The fraction of sp³-hybridized carbons (Fsp3) is 0.219. The van der Waals surface area contributed by atoms with Crippen LogP contribution in [0.5, 0.6) is 5.75 Å². The van der Waals surface area contributed by atoms with Crippen molar-refractivity contribution in [1.29, 1.82) is 0 Å². The number of carbonyl (C=O) groups excluding carboxylic acids is 2. The summed E-state index contributed by atoms with van der Waals surface area (Å²) in [5.41, 5.74) is 4.16. The van der Waals surface area contributed by atoms with Crippen LogP contribution in [0, 0.1) is 0 Å². The minimum Gasteiger partial charge on any atom is -0.472 e. The topological polar surface area (TPSA) is 113 Å². The van der Waals surface area contributed by atoms with Gasteiger partial charge >= 0.3 is 0 Å². The average molecular weight is 561 g/mol. The molecule has 42 heavy (non-hydrogen) atoms. The van der Waals surface area contributed by atoms with Crippen LogP contribution in [0.4, 0.5) is 5.82 Å². The monoisotopic (exact) mass is 560 g/mol. The van der Waals surface area contributed by atoms with E-state index in [4.69, 9.17) is 9.72 Å². The van der Waals surface area contributed by atoms with Crippen molar-refractivity contribution in [3.63, 3.8) is 0 Å². The van der Waals surface area contributed by atoms with Crippen molar-refractivity contribution < 1.29 is 14.3 Å². The maximum atomic E-state index is 13.5. The van der Waals surface area contributed by atoms with E-state index in [1.54, 1.807) is 28.1 Å². The molecule has 10 heteroatoms. The van der Waals surface area contributed by atoms with Crippen molar-refractivity contribution in [3.8, 4) is 17.0 Å². The summed E-state index contributed by atoms with van der Waals surface area (Å²) >= 11 is 0. The number of H-pyrrole nitrogens is 1. The molecule has 1 N–H and O–H groups in total. The molecule has 0 radical (unpaired) electrons. The SMILES string of the molecule is O=C(CCCN1C(=O)[C@@H](c2ccccc2)Oc2cccnc21)N1CCc2nc3cc(-c4ccccc4)[nH]n3c(=O)c2C1. The van der Waals surface area contributed by atoms with E-state index < -0.39 is 6.10 Å². The van der Waals surface area contributed by atoms with Gasteiger partial charge in [-0.15, -0.1) is 0 Å². The highest BCUT2D eigenvalue weighted by Crippen LogP contribution is 2.37. The van der Waals surface area contributed by atoms with E-state index in [0.717, 1.165) is 22.5 Å². The number of nitrogens with zero attached hydrogens (tertiary/aromatic N) is 5. The lowest BCUT2D eigenvalue weighted by molar-refractivity contribution is -0.132. The van der Waals surface area contributed by atoms with Gasteiger partial charge in [-0.05, 0) is 24.1 Å². The molecule has 3 aromatic heterocycles. The number of hydrogen-bond donors (Lipinski definition) is 1. The highest BCUT2D eigenvalue weighted by molar-refractivity contribution is 5.99. The van der Waals surface area contributed by atoms with Gasteiger partial charge in [0.1, 0.15) is 0 Å². The predicted octanol–water partition coefficient (Wildman–Crippen LogP) is 3.92. The van der Waals surface area contributed by atoms with Crippen molar-refractivity contribution in [1.82, 2.24) is 24.5 Å². The number of carbonyl (C=O) groups is 2. The van der Waals surface area contributed by atoms with Crippen LogP contribution in [-0.2, 0) is 22.6 Å². The van der Waals surface area contributed by atoms with Crippen molar-refractivity contribution in [2.24, 2.45) is 0 Å². The Hall–Kier alpha value is -5.25. The van der Waals surface area contributed by atoms with Gasteiger partial charge in [0.2, 0.25) is 12.0 Å². The lowest BCUT2D eigenvalue weighted by Crippen LogP contribution is -2.43. The number of pyridine rings is 1. The Morgan fingerprint density at radius 2 is 1.79 bits per heavy atom. The van der Waals surface area contributed by atoms with Gasteiger partial charge in [0.05, 0.1) is 23.5 Å². The van der Waals surface area contributed by atoms with E-state index in [2.05, 4.69) is 10.1 Å². The molecule has 0 bridgehead atoms. The molecule has 0 saturated heterocycles. The normalized spacial score (nSPS) is 16.2. The standard InChI is InChI=1S/C32H28N6O4/c39-28(14-8-17-37-30-26(13-7-16-33-30)42-29(32(37)41)22-11-5-2-6-12-22)36-18-15-24-23(20-36)31(40)38-27(34-24)19-25(35-38)21-9-3-1-4-10-21/h1-7,9-13,16,19,29,35H,8,14-15,17-18,20H2/t29-/m1/s1. The van der Waals surface area contributed by atoms with Crippen molar-refractivity contribution in [3.05, 3.63) is 112 Å². The summed E-state index contributed by atoms with van der Waals surface area (Å²) in [6.07, 6.45) is 2.04. The number of benzene rings is 2. The summed E-state index contributed by atoms with van der Waals surface area (Å²) < 4.78 is 7.47. The molecule has 0 unspecified atom stereocenters. The van der Waals surface area contributed by atoms with Gasteiger partial charge in [-0.3, -0.25) is 24.4 Å². The van der Waals surface area contributed by atoms with Gasteiger partial charge in [-0.25, -0.2) is 14.5 Å². The molecule has 0 spiro atoms. The Morgan fingerprint density at radius 3 is 2.60 bits per heavy atom. The van der Waals surface area contributed by atoms with Gasteiger partial charge in [-0.1, -0.05) is 60.7 Å². The number of anilines is 1. The maximum absolute atomic E-state index is 13.5. The summed E-state index contributed by atoms with van der Waals surface area (Å²) in [4.78, 5) is 52.6. The number of hydrogen-bond acceptors (Lipinski definition) is 6. The first-order valence-corrected chi connectivity index (χ1v) is 14.0. The highest BCUT2D eigenvalue weighted by atomic mass is 16.5. The van der Waals surface area contributed by atoms with Crippen molar-refractivity contribution >= 4 is 23.3 Å². The Bertz CT molecular complexity index is 1850. The number of rotatable bonds is 6. The second-order valence-electron chi connectivity index (χ2n) is 10.5. The summed E-state index contributed by atoms with van der Waals surface area (Å²) in [6.45, 7) is 1.02. The first-order valence-electron chi connectivity index (χ1n) is 14.0. The lowest BCUT2D eigenvalue weighted by atomic mass is 10.1. The Morgan fingerprint density at radius 1 is 1.00 bits per heavy atom. The molecular weight excluding hydrogens is 532 g/mol. The van der Waals surface area contributed by atoms with Crippen molar-refractivity contribution in [2.75, 3.05) is 18.0 Å². The maximum Gasteiger partial charge on any atom is 0.277 e. The zero-order chi connectivity index (χ0) is 28.6. The molecule has 7 rings (SSSR count). The summed E-state index contributed by atoms with van der Waals surface area (Å²) in [5.74, 6) is 0.709. The Labute approximate surface area is 241 Å². The largest absolute Gasteiger partial charge is 0.472 e. The number of ether oxygens (including phenoxy) is 1. The zero-order valence-electron chi connectivity index (χ0n) is 22.8. The zero-order valence-corrected chi connectivity index (χ0v) is 22.8. The van der Waals surface area contributed by atoms with Crippen LogP contribution in [0.3, 0.4) is 0 Å². The lowest BCUT2D eigenvalue weighted by Gasteiger charge is -2.33. The van der Waals surface area contributed by atoms with Crippen molar-refractivity contribution in [2.45, 2.75) is 31.9 Å². The van der Waals surface area contributed by atoms with E-state index in [9.17, 15) is 14.4 Å². The summed E-state index contributed by atoms with van der Waals surface area (Å²) in [5, 5.41) is 3.16. The molecule has 0 aliphatic carbocycles. The van der Waals surface area contributed by atoms with Gasteiger partial charge in [-0.2, -0.15) is 0 Å². The van der Waals surface area contributed by atoms with E-state index >= 15 is 0 Å². The number of nitrogens with one attached hydrogen (secondary N) is 1. The van der Waals surface area contributed by atoms with Crippen LogP contribution in [-0.4, -0.2) is 49.4 Å². The van der Waals surface area contributed by atoms with Crippen LogP contribution < -0.4 is 15.2 Å². The third kappa shape index (κ3) is 4.60. The minimum absolute atomic E-state index is 0.0665. The molecule has 2 aliphatic heterocycles. The molecule has 2 aliphatic rings. The average Bonchev–Trinajstić information content (AvgIpc) is 3.47. The van der Waals surface area contributed by atoms with Crippen LogP contribution in [0.2, 0.25) is 0 Å². The first-order chi connectivity index (χ1) is 20.6. The Balaban J connectivity index is 1.05. The van der Waals surface area contributed by atoms with Gasteiger partial charge in [0.25, 0.3) is 11.5 Å². The predicted molar refractivity (Wildman–Crippen MR) is 156 cm³/mol. The Kier molecular flexibility index (Phi) is 6.50. The second-order valence-corrected chi connectivity index (χ2v) is 10.5. The molecule has 0 fully saturated rings. The highest BCUT2D eigenvalue weighted by Gasteiger charge is 2.36. The molecule has 2 amide bonds. The number of fused-ring (bicyclic) bond motifs is 3. The van der Waals surface area contributed by atoms with E-state index in [0.29, 0.717) is 48.7 Å². The fourth-order valence-corrected chi connectivity index (χ4v) is 5.66. The first kappa shape index (κ1) is 25.7. The van der Waals surface area contributed by atoms with Crippen LogP contribution >= 0.6 is 0 Å². The van der Waals surface area contributed by atoms with Gasteiger partial charge in [0.15, 0.2) is 17.2 Å². The quantitative estimate of drug-likeness (QED) is 0.337. The smallest absolute Gasteiger partial charge is 0.277 e. The van der Waals surface area contributed by atoms with Crippen LogP contribution in [0.25, 0.3) is 16.9 Å². The summed E-state index contributed by atoms with van der Waals surface area (Å²) in [6, 6.07) is 24.6. The molecule has 210 valence electrons. The number of aromatic nitrogens is 4. The van der Waals surface area contributed by atoms with Crippen LogP contribution in [0.1, 0.15) is 35.8 Å². The minimum atomic E-state index is -0.773. The number of amides is 2. The van der Waals surface area contributed by atoms with E-state index in [1.165, 1.54) is 4.52 Å².